The van der Waals surface area contributed by atoms with Crippen LogP contribution >= 0.6 is 0 Å². The van der Waals surface area contributed by atoms with Gasteiger partial charge in [0.15, 0.2) is 0 Å². The number of benzene rings is 3. The third kappa shape index (κ3) is 2.42. The molecular formula is C22H17NO. The van der Waals surface area contributed by atoms with Crippen LogP contribution in [-0.4, -0.2) is 10.9 Å². The van der Waals surface area contributed by atoms with Crippen LogP contribution in [0, 0.1) is 0 Å². The third-order valence-electron chi connectivity index (χ3n) is 4.41. The van der Waals surface area contributed by atoms with Crippen molar-refractivity contribution in [3.63, 3.8) is 0 Å². The smallest absolute Gasteiger partial charge is 0.131 e. The molecule has 116 valence electrons. The summed E-state index contributed by atoms with van der Waals surface area (Å²) in [6, 6.07) is 28.4. The van der Waals surface area contributed by atoms with E-state index in [0.29, 0.717) is 0 Å². The van der Waals surface area contributed by atoms with Crippen molar-refractivity contribution >= 4 is 17.2 Å². The summed E-state index contributed by atoms with van der Waals surface area (Å²) in [6.07, 6.45) is 3.12. The first-order valence-corrected chi connectivity index (χ1v) is 8.04. The van der Waals surface area contributed by atoms with Gasteiger partial charge in [-0.05, 0) is 29.3 Å². The lowest BCUT2D eigenvalue weighted by Gasteiger charge is -2.09. The summed E-state index contributed by atoms with van der Waals surface area (Å²) in [6.45, 7) is 0. The van der Waals surface area contributed by atoms with Crippen molar-refractivity contribution in [3.05, 3.63) is 102 Å². The van der Waals surface area contributed by atoms with Crippen LogP contribution < -0.4 is 0 Å². The fourth-order valence-electron chi connectivity index (χ4n) is 3.25. The van der Waals surface area contributed by atoms with Crippen LogP contribution in [0.3, 0.4) is 0 Å². The predicted molar refractivity (Wildman–Crippen MR) is 97.6 cm³/mol. The molecule has 24 heavy (non-hydrogen) atoms. The normalized spacial score (nSPS) is 12.2. The van der Waals surface area contributed by atoms with E-state index in [1.54, 1.807) is 0 Å². The van der Waals surface area contributed by atoms with Gasteiger partial charge < -0.3 is 9.36 Å². The minimum Gasteiger partial charge on any atom is -0.316 e. The van der Waals surface area contributed by atoms with Crippen molar-refractivity contribution in [2.45, 2.75) is 5.92 Å². The number of rotatable bonds is 4. The summed E-state index contributed by atoms with van der Waals surface area (Å²) >= 11 is 0. The van der Waals surface area contributed by atoms with Gasteiger partial charge in [0.05, 0.1) is 11.4 Å². The highest BCUT2D eigenvalue weighted by molar-refractivity contribution is 5.90. The number of carbonyl (C=O) groups is 1. The Labute approximate surface area is 141 Å². The Morgan fingerprint density at radius 1 is 0.750 bits per heavy atom. The summed E-state index contributed by atoms with van der Waals surface area (Å²) in [5, 5.41) is 1.11. The van der Waals surface area contributed by atoms with Crippen molar-refractivity contribution in [1.82, 2.24) is 4.57 Å². The van der Waals surface area contributed by atoms with E-state index >= 15 is 0 Å². The Hall–Kier alpha value is -3.13. The fourth-order valence-corrected chi connectivity index (χ4v) is 3.25. The maximum absolute atomic E-state index is 11.9. The van der Waals surface area contributed by atoms with Crippen molar-refractivity contribution in [2.24, 2.45) is 0 Å². The van der Waals surface area contributed by atoms with E-state index in [0.717, 1.165) is 34.0 Å². The second-order valence-electron chi connectivity index (χ2n) is 5.83. The Morgan fingerprint density at radius 3 is 2.08 bits per heavy atom. The van der Waals surface area contributed by atoms with Crippen LogP contribution in [0.25, 0.3) is 16.6 Å². The molecule has 0 bridgehead atoms. The van der Waals surface area contributed by atoms with Crippen LogP contribution in [0.15, 0.2) is 91.1 Å². The van der Waals surface area contributed by atoms with E-state index in [-0.39, 0.29) is 5.92 Å². The lowest BCUT2D eigenvalue weighted by molar-refractivity contribution is -0.108. The fraction of sp³-hybridized carbons (Fsp3) is 0.0455. The highest BCUT2D eigenvalue weighted by Gasteiger charge is 2.19. The maximum Gasteiger partial charge on any atom is 0.131 e. The molecule has 0 amide bonds. The minimum atomic E-state index is -0.263. The molecule has 1 heterocycles. The van der Waals surface area contributed by atoms with Gasteiger partial charge in [-0.1, -0.05) is 66.7 Å². The number of hydrogen-bond acceptors (Lipinski definition) is 1. The number of fused-ring (bicyclic) bond motifs is 1. The highest BCUT2D eigenvalue weighted by atomic mass is 16.1. The van der Waals surface area contributed by atoms with Gasteiger partial charge in [0.1, 0.15) is 6.29 Å². The molecule has 2 nitrogen and oxygen atoms in total. The molecule has 0 saturated carbocycles. The first-order chi connectivity index (χ1) is 11.9. The van der Waals surface area contributed by atoms with Crippen molar-refractivity contribution in [3.8, 4) is 5.69 Å². The Kier molecular flexibility index (Phi) is 3.72. The second-order valence-corrected chi connectivity index (χ2v) is 5.83. The molecule has 0 fully saturated rings. The van der Waals surface area contributed by atoms with Crippen LogP contribution in [0.2, 0.25) is 0 Å². The summed E-state index contributed by atoms with van der Waals surface area (Å²) in [7, 11) is 0. The molecule has 1 atom stereocenters. The molecule has 2 heteroatoms. The zero-order valence-electron chi connectivity index (χ0n) is 13.2. The van der Waals surface area contributed by atoms with E-state index in [2.05, 4.69) is 35.0 Å². The van der Waals surface area contributed by atoms with Gasteiger partial charge >= 0.3 is 0 Å². The van der Waals surface area contributed by atoms with Gasteiger partial charge in [0, 0.05) is 17.3 Å². The topological polar surface area (TPSA) is 22.0 Å². The second kappa shape index (κ2) is 6.17. The largest absolute Gasteiger partial charge is 0.316 e. The van der Waals surface area contributed by atoms with E-state index in [9.17, 15) is 4.79 Å². The summed E-state index contributed by atoms with van der Waals surface area (Å²) in [5.41, 5.74) is 4.26. The Balaban J connectivity index is 1.95. The molecule has 0 aliphatic rings. The SMILES string of the molecule is O=CC(c1ccccc1)c1cn(-c2ccccc2)c2ccccc12. The van der Waals surface area contributed by atoms with E-state index < -0.39 is 0 Å². The molecule has 0 aliphatic carbocycles. The zero-order chi connectivity index (χ0) is 16.4. The standard InChI is InChI=1S/C22H17NO/c24-16-21(17-9-3-1-4-10-17)20-15-23(18-11-5-2-6-12-18)22-14-8-7-13-19(20)22/h1-16,21H. The molecule has 0 spiro atoms. The molecule has 1 aromatic heterocycles. The molecule has 0 N–H and O–H groups in total. The monoisotopic (exact) mass is 311 g/mol. The van der Waals surface area contributed by atoms with Gasteiger partial charge in [-0.25, -0.2) is 0 Å². The molecule has 3 aromatic carbocycles. The van der Waals surface area contributed by atoms with Gasteiger partial charge in [-0.3, -0.25) is 0 Å². The molecule has 1 unspecified atom stereocenters. The lowest BCUT2D eigenvalue weighted by atomic mass is 9.92. The number of aldehydes is 1. The zero-order valence-corrected chi connectivity index (χ0v) is 13.2. The average Bonchev–Trinajstić information content (AvgIpc) is 3.04. The minimum absolute atomic E-state index is 0.263. The highest BCUT2D eigenvalue weighted by Crippen LogP contribution is 2.32. The van der Waals surface area contributed by atoms with Gasteiger partial charge in [0.2, 0.25) is 0 Å². The van der Waals surface area contributed by atoms with Crippen LogP contribution in [0.5, 0.6) is 0 Å². The number of carbonyl (C=O) groups excluding carboxylic acids is 1. The summed E-state index contributed by atoms with van der Waals surface area (Å²) in [4.78, 5) is 11.9. The predicted octanol–water partition coefficient (Wildman–Crippen LogP) is 4.96. The van der Waals surface area contributed by atoms with Crippen molar-refractivity contribution < 1.29 is 4.79 Å². The molecular weight excluding hydrogens is 294 g/mol. The average molecular weight is 311 g/mol. The van der Waals surface area contributed by atoms with Gasteiger partial charge in [-0.15, -0.1) is 0 Å². The molecule has 4 rings (SSSR count). The molecule has 0 aliphatic heterocycles. The maximum atomic E-state index is 11.9. The van der Waals surface area contributed by atoms with E-state index in [4.69, 9.17) is 0 Å². The van der Waals surface area contributed by atoms with Crippen molar-refractivity contribution in [1.29, 1.82) is 0 Å². The third-order valence-corrected chi connectivity index (χ3v) is 4.41. The van der Waals surface area contributed by atoms with Crippen molar-refractivity contribution in [2.75, 3.05) is 0 Å². The first kappa shape index (κ1) is 14.5. The first-order valence-electron chi connectivity index (χ1n) is 8.04. The number of aromatic nitrogens is 1. The van der Waals surface area contributed by atoms with Crippen LogP contribution in [0.4, 0.5) is 0 Å². The number of nitrogens with zero attached hydrogens (tertiary/aromatic N) is 1. The molecule has 4 aromatic rings. The number of para-hydroxylation sites is 2. The van der Waals surface area contributed by atoms with Gasteiger partial charge in [0.25, 0.3) is 0 Å². The van der Waals surface area contributed by atoms with Crippen LogP contribution in [0.1, 0.15) is 17.0 Å². The van der Waals surface area contributed by atoms with Gasteiger partial charge in [-0.2, -0.15) is 0 Å². The van der Waals surface area contributed by atoms with E-state index in [1.165, 1.54) is 0 Å². The molecule has 0 saturated heterocycles. The summed E-state index contributed by atoms with van der Waals surface area (Å²) < 4.78 is 2.16. The molecule has 0 radical (unpaired) electrons. The summed E-state index contributed by atoms with van der Waals surface area (Å²) in [5.74, 6) is -0.263. The lowest BCUT2D eigenvalue weighted by Crippen LogP contribution is -2.01. The van der Waals surface area contributed by atoms with E-state index in [1.807, 2.05) is 60.7 Å². The Bertz CT molecular complexity index is 971. The Morgan fingerprint density at radius 2 is 1.38 bits per heavy atom. The quantitative estimate of drug-likeness (QED) is 0.488. The van der Waals surface area contributed by atoms with Crippen LogP contribution in [-0.2, 0) is 4.79 Å². The number of hydrogen-bond donors (Lipinski definition) is 0.